The van der Waals surface area contributed by atoms with E-state index in [9.17, 15) is 4.39 Å². The molecular weight excluding hydrogens is 223 g/mol. The lowest BCUT2D eigenvalue weighted by Crippen LogP contribution is -1.88. The van der Waals surface area contributed by atoms with E-state index in [1.165, 1.54) is 23.9 Å². The predicted molar refractivity (Wildman–Crippen MR) is 58.7 cm³/mol. The van der Waals surface area contributed by atoms with E-state index in [-0.39, 0.29) is 5.82 Å². The van der Waals surface area contributed by atoms with Crippen molar-refractivity contribution < 1.29 is 9.13 Å². The maximum absolute atomic E-state index is 12.9. The van der Waals surface area contributed by atoms with Crippen LogP contribution in [0.4, 0.5) is 4.39 Å². The lowest BCUT2D eigenvalue weighted by atomic mass is 10.3. The number of thioether (sulfide) groups is 1. The number of methoxy groups -OCH3 is 1. The van der Waals surface area contributed by atoms with Gasteiger partial charge in [0.1, 0.15) is 11.6 Å². The van der Waals surface area contributed by atoms with Crippen LogP contribution >= 0.6 is 23.4 Å². The number of hydrogen-bond donors (Lipinski definition) is 0. The molecule has 1 aromatic carbocycles. The van der Waals surface area contributed by atoms with Gasteiger partial charge < -0.3 is 4.74 Å². The topological polar surface area (TPSA) is 9.23 Å². The molecule has 0 saturated carbocycles. The van der Waals surface area contributed by atoms with Gasteiger partial charge in [0, 0.05) is 10.8 Å². The first-order chi connectivity index (χ1) is 6.63. The number of ether oxygens (including phenoxy) is 1. The second kappa shape index (κ2) is 5.27. The van der Waals surface area contributed by atoms with Crippen molar-refractivity contribution in [2.75, 3.05) is 12.9 Å². The summed E-state index contributed by atoms with van der Waals surface area (Å²) in [5.74, 6) is 0.907. The maximum atomic E-state index is 12.9. The maximum Gasteiger partial charge on any atom is 0.132 e. The molecule has 0 spiro atoms. The SMILES string of the molecule is C=C(Cl)CSc1cc(F)ccc1OC. The molecule has 1 rings (SSSR count). The predicted octanol–water partition coefficient (Wildman–Crippen LogP) is 3.68. The highest BCUT2D eigenvalue weighted by Crippen LogP contribution is 2.31. The molecule has 0 aliphatic carbocycles. The van der Waals surface area contributed by atoms with E-state index in [2.05, 4.69) is 6.58 Å². The fraction of sp³-hybridized carbons (Fsp3) is 0.200. The van der Waals surface area contributed by atoms with Crippen molar-refractivity contribution in [2.45, 2.75) is 4.90 Å². The highest BCUT2D eigenvalue weighted by molar-refractivity contribution is 7.99. The third kappa shape index (κ3) is 3.24. The summed E-state index contributed by atoms with van der Waals surface area (Å²) in [6, 6.07) is 4.37. The monoisotopic (exact) mass is 232 g/mol. The molecule has 0 saturated heterocycles. The Morgan fingerprint density at radius 2 is 2.36 bits per heavy atom. The van der Waals surface area contributed by atoms with Crippen molar-refractivity contribution in [3.8, 4) is 5.75 Å². The summed E-state index contributed by atoms with van der Waals surface area (Å²) in [7, 11) is 1.55. The van der Waals surface area contributed by atoms with Crippen LogP contribution in [0.5, 0.6) is 5.75 Å². The van der Waals surface area contributed by atoms with Gasteiger partial charge in [-0.2, -0.15) is 0 Å². The van der Waals surface area contributed by atoms with Crippen LogP contribution in [0.15, 0.2) is 34.7 Å². The van der Waals surface area contributed by atoms with Gasteiger partial charge in [0.2, 0.25) is 0 Å². The zero-order valence-electron chi connectivity index (χ0n) is 7.72. The molecular formula is C10H10ClFOS. The molecule has 1 aromatic rings. The lowest BCUT2D eigenvalue weighted by molar-refractivity contribution is 0.403. The van der Waals surface area contributed by atoms with Gasteiger partial charge in [0.05, 0.1) is 12.0 Å². The highest BCUT2D eigenvalue weighted by Gasteiger charge is 2.05. The fourth-order valence-electron chi connectivity index (χ4n) is 0.919. The van der Waals surface area contributed by atoms with E-state index in [1.54, 1.807) is 13.2 Å². The smallest absolute Gasteiger partial charge is 0.132 e. The van der Waals surface area contributed by atoms with Crippen LogP contribution < -0.4 is 4.74 Å². The second-order valence-electron chi connectivity index (χ2n) is 2.60. The van der Waals surface area contributed by atoms with Gasteiger partial charge >= 0.3 is 0 Å². The summed E-state index contributed by atoms with van der Waals surface area (Å²) in [4.78, 5) is 0.731. The zero-order valence-corrected chi connectivity index (χ0v) is 9.29. The van der Waals surface area contributed by atoms with Crippen LogP contribution in [-0.2, 0) is 0 Å². The summed E-state index contributed by atoms with van der Waals surface area (Å²) in [6.45, 7) is 3.56. The molecule has 0 heterocycles. The number of rotatable bonds is 4. The molecule has 14 heavy (non-hydrogen) atoms. The van der Waals surface area contributed by atoms with Gasteiger partial charge in [-0.3, -0.25) is 0 Å². The van der Waals surface area contributed by atoms with Gasteiger partial charge in [0.25, 0.3) is 0 Å². The van der Waals surface area contributed by atoms with E-state index in [0.29, 0.717) is 16.5 Å². The fourth-order valence-corrected chi connectivity index (χ4v) is 1.88. The third-order valence-electron chi connectivity index (χ3n) is 1.51. The van der Waals surface area contributed by atoms with Crippen molar-refractivity contribution in [3.05, 3.63) is 35.6 Å². The molecule has 4 heteroatoms. The number of benzene rings is 1. The van der Waals surface area contributed by atoms with Gasteiger partial charge in [-0.05, 0) is 18.2 Å². The van der Waals surface area contributed by atoms with Crippen LogP contribution in [0, 0.1) is 5.82 Å². The van der Waals surface area contributed by atoms with E-state index in [4.69, 9.17) is 16.3 Å². The molecule has 1 nitrogen and oxygen atoms in total. The molecule has 0 atom stereocenters. The largest absolute Gasteiger partial charge is 0.496 e. The van der Waals surface area contributed by atoms with Crippen LogP contribution in [0.3, 0.4) is 0 Å². The third-order valence-corrected chi connectivity index (χ3v) is 2.92. The van der Waals surface area contributed by atoms with Crippen molar-refractivity contribution in [1.29, 1.82) is 0 Å². The molecule has 0 amide bonds. The lowest BCUT2D eigenvalue weighted by Gasteiger charge is -2.07. The standard InChI is InChI=1S/C10H10ClFOS/c1-7(11)6-14-10-5-8(12)3-4-9(10)13-2/h3-5H,1,6H2,2H3. The van der Waals surface area contributed by atoms with Gasteiger partial charge in [-0.1, -0.05) is 18.2 Å². The van der Waals surface area contributed by atoms with E-state index in [1.807, 2.05) is 0 Å². The molecule has 0 fully saturated rings. The molecule has 0 radical (unpaired) electrons. The van der Waals surface area contributed by atoms with Crippen molar-refractivity contribution >= 4 is 23.4 Å². The minimum Gasteiger partial charge on any atom is -0.496 e. The van der Waals surface area contributed by atoms with Crippen LogP contribution in [0.1, 0.15) is 0 Å². The summed E-state index contributed by atoms with van der Waals surface area (Å²) in [5, 5.41) is 0.529. The van der Waals surface area contributed by atoms with Crippen molar-refractivity contribution in [2.24, 2.45) is 0 Å². The Balaban J connectivity index is 2.82. The Morgan fingerprint density at radius 3 is 2.93 bits per heavy atom. The number of halogens is 2. The number of hydrogen-bond acceptors (Lipinski definition) is 2. The summed E-state index contributed by atoms with van der Waals surface area (Å²) in [5.41, 5.74) is 0. The van der Waals surface area contributed by atoms with Crippen LogP contribution in [0.25, 0.3) is 0 Å². The Labute approximate surface area is 91.9 Å². The average Bonchev–Trinajstić information content (AvgIpc) is 2.15. The van der Waals surface area contributed by atoms with Gasteiger partial charge in [-0.15, -0.1) is 11.8 Å². The quantitative estimate of drug-likeness (QED) is 0.733. The van der Waals surface area contributed by atoms with Crippen LogP contribution in [-0.4, -0.2) is 12.9 Å². The van der Waals surface area contributed by atoms with E-state index < -0.39 is 0 Å². The highest BCUT2D eigenvalue weighted by atomic mass is 35.5. The molecule has 0 aromatic heterocycles. The average molecular weight is 233 g/mol. The molecule has 0 bridgehead atoms. The molecule has 0 aliphatic rings. The molecule has 76 valence electrons. The Bertz CT molecular complexity index is 341. The first-order valence-electron chi connectivity index (χ1n) is 3.93. The van der Waals surface area contributed by atoms with Gasteiger partial charge in [0.15, 0.2) is 0 Å². The van der Waals surface area contributed by atoms with Crippen LogP contribution in [0.2, 0.25) is 0 Å². The first-order valence-corrected chi connectivity index (χ1v) is 5.29. The van der Waals surface area contributed by atoms with E-state index in [0.717, 1.165) is 4.90 Å². The summed E-state index contributed by atoms with van der Waals surface area (Å²) >= 11 is 7.01. The molecule has 0 aliphatic heterocycles. The summed E-state index contributed by atoms with van der Waals surface area (Å²) < 4.78 is 18.0. The Hall–Kier alpha value is -0.670. The molecule has 0 N–H and O–H groups in total. The Morgan fingerprint density at radius 1 is 1.64 bits per heavy atom. The first kappa shape index (κ1) is 11.4. The minimum absolute atomic E-state index is 0.284. The Kier molecular flexibility index (Phi) is 4.29. The van der Waals surface area contributed by atoms with Crippen molar-refractivity contribution in [1.82, 2.24) is 0 Å². The zero-order chi connectivity index (χ0) is 10.6. The second-order valence-corrected chi connectivity index (χ2v) is 4.15. The normalized spacial score (nSPS) is 9.93. The summed E-state index contributed by atoms with van der Waals surface area (Å²) in [6.07, 6.45) is 0. The van der Waals surface area contributed by atoms with Crippen molar-refractivity contribution in [3.63, 3.8) is 0 Å². The molecule has 0 unspecified atom stereocenters. The minimum atomic E-state index is -0.284. The van der Waals surface area contributed by atoms with Gasteiger partial charge in [-0.25, -0.2) is 4.39 Å². The van der Waals surface area contributed by atoms with E-state index >= 15 is 0 Å².